The second kappa shape index (κ2) is 2.79. The maximum atomic E-state index is 12.5. The summed E-state index contributed by atoms with van der Waals surface area (Å²) in [7, 11) is 0. The average Bonchev–Trinajstić information content (AvgIpc) is 2.15. The summed E-state index contributed by atoms with van der Waals surface area (Å²) in [6, 6.07) is 1.53. The van der Waals surface area contributed by atoms with E-state index in [2.05, 4.69) is 5.32 Å². The standard InChI is InChI=1S/C6H6FNOS/c1-4(9)8-5-2-3-10-6(5)7/h2-3H,1H3,(H,8,9). The molecule has 54 valence electrons. The first-order valence-electron chi connectivity index (χ1n) is 2.70. The van der Waals surface area contributed by atoms with Gasteiger partial charge in [-0.05, 0) is 11.4 Å². The molecule has 0 saturated heterocycles. The quantitative estimate of drug-likeness (QED) is 0.665. The zero-order valence-corrected chi connectivity index (χ0v) is 6.17. The summed E-state index contributed by atoms with van der Waals surface area (Å²) in [6.07, 6.45) is 0. The molecule has 2 nitrogen and oxygen atoms in total. The molecule has 0 aliphatic rings. The summed E-state index contributed by atoms with van der Waals surface area (Å²) in [6.45, 7) is 1.34. The van der Waals surface area contributed by atoms with Gasteiger partial charge in [-0.2, -0.15) is 4.39 Å². The Balaban J connectivity index is 2.74. The fourth-order valence-electron chi connectivity index (χ4n) is 0.571. The van der Waals surface area contributed by atoms with Gasteiger partial charge in [-0.1, -0.05) is 0 Å². The van der Waals surface area contributed by atoms with Crippen LogP contribution in [0.2, 0.25) is 0 Å². The molecule has 0 spiro atoms. The van der Waals surface area contributed by atoms with Crippen LogP contribution in [0.3, 0.4) is 0 Å². The molecule has 1 amide bonds. The maximum Gasteiger partial charge on any atom is 0.221 e. The highest BCUT2D eigenvalue weighted by Crippen LogP contribution is 2.18. The molecule has 4 heteroatoms. The van der Waals surface area contributed by atoms with Gasteiger partial charge in [0.25, 0.3) is 0 Å². The van der Waals surface area contributed by atoms with Crippen molar-refractivity contribution in [3.8, 4) is 0 Å². The Kier molecular flexibility index (Phi) is 2.01. The van der Waals surface area contributed by atoms with Crippen LogP contribution in [-0.4, -0.2) is 5.91 Å². The second-order valence-corrected chi connectivity index (χ2v) is 2.66. The number of carbonyl (C=O) groups is 1. The lowest BCUT2D eigenvalue weighted by Crippen LogP contribution is -2.05. The van der Waals surface area contributed by atoms with Gasteiger partial charge in [-0.3, -0.25) is 4.79 Å². The molecule has 1 aromatic heterocycles. The molecule has 0 aromatic carbocycles. The minimum Gasteiger partial charge on any atom is -0.323 e. The van der Waals surface area contributed by atoms with E-state index in [0.717, 1.165) is 11.3 Å². The van der Waals surface area contributed by atoms with E-state index in [-0.39, 0.29) is 16.7 Å². The van der Waals surface area contributed by atoms with Gasteiger partial charge in [0.1, 0.15) is 0 Å². The smallest absolute Gasteiger partial charge is 0.221 e. The van der Waals surface area contributed by atoms with Gasteiger partial charge in [0, 0.05) is 6.92 Å². The Morgan fingerprint density at radius 2 is 2.50 bits per heavy atom. The van der Waals surface area contributed by atoms with Crippen molar-refractivity contribution in [3.63, 3.8) is 0 Å². The first kappa shape index (κ1) is 7.21. The Hall–Kier alpha value is -0.900. The van der Waals surface area contributed by atoms with Crippen LogP contribution in [0, 0.1) is 5.13 Å². The molecule has 0 aliphatic heterocycles. The van der Waals surface area contributed by atoms with Gasteiger partial charge in [-0.25, -0.2) is 0 Å². The molecule has 1 heterocycles. The molecular weight excluding hydrogens is 153 g/mol. The monoisotopic (exact) mass is 159 g/mol. The van der Waals surface area contributed by atoms with E-state index < -0.39 is 0 Å². The summed E-state index contributed by atoms with van der Waals surface area (Å²) >= 11 is 0.965. The highest BCUT2D eigenvalue weighted by Gasteiger charge is 2.02. The van der Waals surface area contributed by atoms with Gasteiger partial charge in [0.05, 0.1) is 5.69 Å². The molecule has 0 saturated carbocycles. The Labute approximate surface area is 61.7 Å². The van der Waals surface area contributed by atoms with Crippen molar-refractivity contribution >= 4 is 22.9 Å². The molecule has 1 aromatic rings. The van der Waals surface area contributed by atoms with Crippen molar-refractivity contribution in [1.82, 2.24) is 0 Å². The van der Waals surface area contributed by atoms with E-state index in [4.69, 9.17) is 0 Å². The molecule has 0 fully saturated rings. The fraction of sp³-hybridized carbons (Fsp3) is 0.167. The number of rotatable bonds is 1. The van der Waals surface area contributed by atoms with Crippen LogP contribution in [-0.2, 0) is 4.79 Å². The predicted molar refractivity (Wildman–Crippen MR) is 38.6 cm³/mol. The minimum atomic E-state index is -0.352. The predicted octanol–water partition coefficient (Wildman–Crippen LogP) is 1.85. The zero-order chi connectivity index (χ0) is 7.56. The first-order chi connectivity index (χ1) is 4.70. The number of carbonyl (C=O) groups excluding carboxylic acids is 1. The van der Waals surface area contributed by atoms with E-state index in [0.29, 0.717) is 0 Å². The number of anilines is 1. The molecular formula is C6H6FNOS. The molecule has 10 heavy (non-hydrogen) atoms. The van der Waals surface area contributed by atoms with Crippen molar-refractivity contribution in [2.75, 3.05) is 5.32 Å². The summed E-state index contributed by atoms with van der Waals surface area (Å²) in [4.78, 5) is 10.4. The number of thiophene rings is 1. The topological polar surface area (TPSA) is 29.1 Å². The van der Waals surface area contributed by atoms with Gasteiger partial charge < -0.3 is 5.32 Å². The van der Waals surface area contributed by atoms with E-state index in [9.17, 15) is 9.18 Å². The van der Waals surface area contributed by atoms with Crippen molar-refractivity contribution in [3.05, 3.63) is 16.6 Å². The van der Waals surface area contributed by atoms with Crippen molar-refractivity contribution in [1.29, 1.82) is 0 Å². The average molecular weight is 159 g/mol. The normalized spacial score (nSPS) is 9.40. The Morgan fingerprint density at radius 3 is 2.90 bits per heavy atom. The number of hydrogen-bond acceptors (Lipinski definition) is 2. The fourth-order valence-corrected chi connectivity index (χ4v) is 1.14. The third kappa shape index (κ3) is 1.54. The van der Waals surface area contributed by atoms with Crippen LogP contribution in [0.4, 0.5) is 10.1 Å². The lowest BCUT2D eigenvalue weighted by Gasteiger charge is -1.94. The molecule has 0 unspecified atom stereocenters. The van der Waals surface area contributed by atoms with E-state index in [1.165, 1.54) is 13.0 Å². The first-order valence-corrected chi connectivity index (χ1v) is 3.58. The summed E-state index contributed by atoms with van der Waals surface area (Å²) in [5.74, 6) is -0.252. The summed E-state index contributed by atoms with van der Waals surface area (Å²) in [5.41, 5.74) is 0.262. The Bertz CT molecular complexity index is 246. The SMILES string of the molecule is CC(=O)Nc1ccsc1F. The summed E-state index contributed by atoms with van der Waals surface area (Å²) < 4.78 is 12.5. The third-order valence-electron chi connectivity index (χ3n) is 0.929. The van der Waals surface area contributed by atoms with Crippen LogP contribution >= 0.6 is 11.3 Å². The van der Waals surface area contributed by atoms with Crippen LogP contribution in [0.5, 0.6) is 0 Å². The van der Waals surface area contributed by atoms with E-state index in [1.54, 1.807) is 5.38 Å². The molecule has 0 atom stereocenters. The summed E-state index contributed by atoms with van der Waals surface area (Å²) in [5, 5.41) is 3.58. The molecule has 0 radical (unpaired) electrons. The molecule has 0 aliphatic carbocycles. The molecule has 1 rings (SSSR count). The highest BCUT2D eigenvalue weighted by molar-refractivity contribution is 7.08. The molecule has 1 N–H and O–H groups in total. The van der Waals surface area contributed by atoms with Crippen molar-refractivity contribution in [2.24, 2.45) is 0 Å². The van der Waals surface area contributed by atoms with Gasteiger partial charge in [0.15, 0.2) is 5.13 Å². The second-order valence-electron chi connectivity index (χ2n) is 1.79. The third-order valence-corrected chi connectivity index (χ3v) is 1.63. The number of halogens is 1. The van der Waals surface area contributed by atoms with Gasteiger partial charge in [-0.15, -0.1) is 11.3 Å². The zero-order valence-electron chi connectivity index (χ0n) is 5.35. The maximum absolute atomic E-state index is 12.5. The van der Waals surface area contributed by atoms with Crippen LogP contribution in [0.1, 0.15) is 6.92 Å². The van der Waals surface area contributed by atoms with Crippen LogP contribution < -0.4 is 5.32 Å². The number of amides is 1. The lowest BCUT2D eigenvalue weighted by atomic mass is 10.5. The number of nitrogens with one attached hydrogen (secondary N) is 1. The van der Waals surface area contributed by atoms with E-state index >= 15 is 0 Å². The van der Waals surface area contributed by atoms with Gasteiger partial charge in [0.2, 0.25) is 5.91 Å². The van der Waals surface area contributed by atoms with Gasteiger partial charge >= 0.3 is 0 Å². The van der Waals surface area contributed by atoms with Crippen molar-refractivity contribution < 1.29 is 9.18 Å². The van der Waals surface area contributed by atoms with Crippen LogP contribution in [0.15, 0.2) is 11.4 Å². The number of hydrogen-bond donors (Lipinski definition) is 1. The largest absolute Gasteiger partial charge is 0.323 e. The van der Waals surface area contributed by atoms with Crippen LogP contribution in [0.25, 0.3) is 0 Å². The van der Waals surface area contributed by atoms with Crippen molar-refractivity contribution in [2.45, 2.75) is 6.92 Å². The lowest BCUT2D eigenvalue weighted by molar-refractivity contribution is -0.114. The van der Waals surface area contributed by atoms with E-state index in [1.807, 2.05) is 0 Å². The molecule has 0 bridgehead atoms. The Morgan fingerprint density at radius 1 is 1.80 bits per heavy atom. The minimum absolute atomic E-state index is 0.252. The highest BCUT2D eigenvalue weighted by atomic mass is 32.1.